The largest absolute Gasteiger partial charge is 0.439 e. The van der Waals surface area contributed by atoms with Crippen molar-refractivity contribution in [2.24, 2.45) is 0 Å². The number of amides is 3. The van der Waals surface area contributed by atoms with Gasteiger partial charge in [-0.05, 0) is 12.8 Å². The molecule has 20 heavy (non-hydrogen) atoms. The highest BCUT2D eigenvalue weighted by Gasteiger charge is 2.44. The molecule has 0 bridgehead atoms. The average molecular weight is 298 g/mol. The zero-order chi connectivity index (χ0) is 14.1. The van der Waals surface area contributed by atoms with Gasteiger partial charge < -0.3 is 9.64 Å². The smallest absolute Gasteiger partial charge is 0.417 e. The van der Waals surface area contributed by atoms with E-state index in [2.05, 4.69) is 4.74 Å². The molecule has 0 aromatic heterocycles. The molecule has 3 aliphatic rings. The lowest BCUT2D eigenvalue weighted by Crippen LogP contribution is -2.62. The zero-order valence-electron chi connectivity index (χ0n) is 11.2. The summed E-state index contributed by atoms with van der Waals surface area (Å²) in [4.78, 5) is 37.7. The monoisotopic (exact) mass is 298 g/mol. The first-order chi connectivity index (χ1) is 9.65. The third-order valence-electron chi connectivity index (χ3n) is 4.11. The molecule has 0 radical (unpaired) electrons. The predicted molar refractivity (Wildman–Crippen MR) is 73.3 cm³/mol. The molecular weight excluding hydrogens is 280 g/mol. The van der Waals surface area contributed by atoms with E-state index in [1.807, 2.05) is 0 Å². The second kappa shape index (κ2) is 5.63. The Morgan fingerprint density at radius 1 is 1.25 bits per heavy atom. The van der Waals surface area contributed by atoms with Crippen LogP contribution in [0, 0.1) is 0 Å². The SMILES string of the molecule is O=C(CSC1CCCC1)N1CC(N2C(=O)COC2=O)C1. The quantitative estimate of drug-likeness (QED) is 0.770. The summed E-state index contributed by atoms with van der Waals surface area (Å²) in [5.41, 5.74) is 0. The fourth-order valence-electron chi connectivity index (χ4n) is 2.87. The average Bonchev–Trinajstić information content (AvgIpc) is 2.99. The van der Waals surface area contributed by atoms with E-state index in [1.54, 1.807) is 16.7 Å². The minimum Gasteiger partial charge on any atom is -0.439 e. The first-order valence-electron chi connectivity index (χ1n) is 7.03. The number of hydrogen-bond donors (Lipinski definition) is 0. The maximum absolute atomic E-state index is 12.0. The van der Waals surface area contributed by atoms with Gasteiger partial charge in [-0.1, -0.05) is 12.8 Å². The number of ether oxygens (including phenoxy) is 1. The summed E-state index contributed by atoms with van der Waals surface area (Å²) in [5.74, 6) is 0.320. The van der Waals surface area contributed by atoms with Crippen molar-refractivity contribution >= 4 is 29.7 Å². The fraction of sp³-hybridized carbons (Fsp3) is 0.769. The third-order valence-corrected chi connectivity index (χ3v) is 5.47. The van der Waals surface area contributed by atoms with Gasteiger partial charge in [-0.3, -0.25) is 9.59 Å². The second-order valence-electron chi connectivity index (χ2n) is 5.49. The number of likely N-dealkylation sites (tertiary alicyclic amines) is 1. The molecule has 0 aromatic rings. The van der Waals surface area contributed by atoms with Gasteiger partial charge in [0.15, 0.2) is 6.61 Å². The Balaban J connectivity index is 1.41. The zero-order valence-corrected chi connectivity index (χ0v) is 12.1. The molecule has 110 valence electrons. The van der Waals surface area contributed by atoms with Crippen LogP contribution in [0.5, 0.6) is 0 Å². The van der Waals surface area contributed by atoms with Gasteiger partial charge >= 0.3 is 6.09 Å². The summed E-state index contributed by atoms with van der Waals surface area (Å²) < 4.78 is 4.68. The summed E-state index contributed by atoms with van der Waals surface area (Å²) in [7, 11) is 0. The summed E-state index contributed by atoms with van der Waals surface area (Å²) in [6, 6.07) is -0.196. The highest BCUT2D eigenvalue weighted by molar-refractivity contribution is 8.00. The van der Waals surface area contributed by atoms with Crippen molar-refractivity contribution in [3.8, 4) is 0 Å². The Morgan fingerprint density at radius 2 is 1.95 bits per heavy atom. The van der Waals surface area contributed by atoms with Crippen molar-refractivity contribution in [1.82, 2.24) is 9.80 Å². The molecule has 1 saturated carbocycles. The molecular formula is C13H18N2O4S. The Kier molecular flexibility index (Phi) is 3.87. The van der Waals surface area contributed by atoms with Crippen molar-refractivity contribution in [3.63, 3.8) is 0 Å². The van der Waals surface area contributed by atoms with Crippen molar-refractivity contribution in [1.29, 1.82) is 0 Å². The molecule has 0 spiro atoms. The minimum absolute atomic E-state index is 0.109. The fourth-order valence-corrected chi connectivity index (χ4v) is 4.10. The molecule has 0 aromatic carbocycles. The van der Waals surface area contributed by atoms with Crippen LogP contribution in [0.15, 0.2) is 0 Å². The van der Waals surface area contributed by atoms with Gasteiger partial charge in [0.1, 0.15) is 0 Å². The van der Waals surface area contributed by atoms with Gasteiger partial charge in [-0.25, -0.2) is 9.69 Å². The number of carbonyl (C=O) groups excluding carboxylic acids is 3. The molecule has 6 nitrogen and oxygen atoms in total. The van der Waals surface area contributed by atoms with Crippen LogP contribution in [0.2, 0.25) is 0 Å². The number of carbonyl (C=O) groups is 3. The summed E-state index contributed by atoms with van der Waals surface area (Å²) in [6.45, 7) is 0.733. The topological polar surface area (TPSA) is 66.9 Å². The highest BCUT2D eigenvalue weighted by atomic mass is 32.2. The van der Waals surface area contributed by atoms with Crippen molar-refractivity contribution in [3.05, 3.63) is 0 Å². The third kappa shape index (κ3) is 2.63. The number of rotatable bonds is 4. The van der Waals surface area contributed by atoms with Crippen molar-refractivity contribution in [2.75, 3.05) is 25.4 Å². The molecule has 3 fully saturated rings. The van der Waals surface area contributed by atoms with E-state index in [4.69, 9.17) is 0 Å². The predicted octanol–water partition coefficient (Wildman–Crippen LogP) is 0.852. The molecule has 0 unspecified atom stereocenters. The van der Waals surface area contributed by atoms with Crippen molar-refractivity contribution < 1.29 is 19.1 Å². The number of imide groups is 1. The molecule has 3 amide bonds. The van der Waals surface area contributed by atoms with Gasteiger partial charge in [0.2, 0.25) is 5.91 Å². The van der Waals surface area contributed by atoms with Crippen LogP contribution in [0.4, 0.5) is 4.79 Å². The maximum Gasteiger partial charge on any atom is 0.417 e. The Labute approximate surface area is 121 Å². The first kappa shape index (κ1) is 13.7. The molecule has 1 aliphatic carbocycles. The van der Waals surface area contributed by atoms with Crippen LogP contribution in [-0.2, 0) is 14.3 Å². The van der Waals surface area contributed by atoms with Gasteiger partial charge in [0.25, 0.3) is 5.91 Å². The van der Waals surface area contributed by atoms with Crippen LogP contribution in [0.3, 0.4) is 0 Å². The maximum atomic E-state index is 12.0. The first-order valence-corrected chi connectivity index (χ1v) is 8.08. The van der Waals surface area contributed by atoms with Gasteiger partial charge in [-0.2, -0.15) is 0 Å². The van der Waals surface area contributed by atoms with E-state index in [-0.39, 0.29) is 24.5 Å². The second-order valence-corrected chi connectivity index (χ2v) is 6.78. The normalized spacial score (nSPS) is 24.2. The number of hydrogen-bond acceptors (Lipinski definition) is 5. The highest BCUT2D eigenvalue weighted by Crippen LogP contribution is 2.30. The van der Waals surface area contributed by atoms with Crippen LogP contribution in [0.25, 0.3) is 0 Å². The van der Waals surface area contributed by atoms with Crippen LogP contribution in [0.1, 0.15) is 25.7 Å². The van der Waals surface area contributed by atoms with E-state index in [0.29, 0.717) is 24.1 Å². The van der Waals surface area contributed by atoms with Gasteiger partial charge in [-0.15, -0.1) is 11.8 Å². The van der Waals surface area contributed by atoms with Crippen molar-refractivity contribution in [2.45, 2.75) is 37.0 Å². The molecule has 0 atom stereocenters. The summed E-state index contributed by atoms with van der Waals surface area (Å²) >= 11 is 1.74. The Hall–Kier alpha value is -1.24. The lowest BCUT2D eigenvalue weighted by molar-refractivity contribution is -0.139. The molecule has 2 heterocycles. The number of cyclic esters (lactones) is 1. The van der Waals surface area contributed by atoms with Gasteiger partial charge in [0, 0.05) is 18.3 Å². The molecule has 2 aliphatic heterocycles. The van der Waals surface area contributed by atoms with Crippen LogP contribution >= 0.6 is 11.8 Å². The van der Waals surface area contributed by atoms with E-state index in [9.17, 15) is 14.4 Å². The van der Waals surface area contributed by atoms with E-state index < -0.39 is 6.09 Å². The standard InChI is InChI=1S/C13H18N2O4S/c16-11-7-19-13(18)15(11)9-5-14(6-9)12(17)8-20-10-3-1-2-4-10/h9-10H,1-8H2. The van der Waals surface area contributed by atoms with Gasteiger partial charge in [0.05, 0.1) is 11.8 Å². The Bertz CT molecular complexity index is 414. The lowest BCUT2D eigenvalue weighted by Gasteiger charge is -2.42. The number of thioether (sulfide) groups is 1. The van der Waals surface area contributed by atoms with E-state index in [0.717, 1.165) is 4.90 Å². The molecule has 7 heteroatoms. The molecule has 0 N–H and O–H groups in total. The molecule has 3 rings (SSSR count). The lowest BCUT2D eigenvalue weighted by atomic mass is 10.1. The minimum atomic E-state index is -0.576. The summed E-state index contributed by atoms with van der Waals surface area (Å²) in [5, 5.41) is 0.631. The van der Waals surface area contributed by atoms with Crippen LogP contribution < -0.4 is 0 Å². The molecule has 2 saturated heterocycles. The summed E-state index contributed by atoms with van der Waals surface area (Å²) in [6.07, 6.45) is 4.41. The van der Waals surface area contributed by atoms with E-state index >= 15 is 0 Å². The van der Waals surface area contributed by atoms with Crippen LogP contribution in [-0.4, -0.2) is 64.4 Å². The number of nitrogens with zero attached hydrogens (tertiary/aromatic N) is 2. The Morgan fingerprint density at radius 3 is 2.55 bits per heavy atom. The van der Waals surface area contributed by atoms with E-state index in [1.165, 1.54) is 25.7 Å².